The molecule has 34 heavy (non-hydrogen) atoms. The number of morpholine rings is 1. The van der Waals surface area contributed by atoms with Gasteiger partial charge in [0.25, 0.3) is 0 Å². The van der Waals surface area contributed by atoms with Gasteiger partial charge in [-0.25, -0.2) is 4.79 Å². The van der Waals surface area contributed by atoms with Crippen molar-refractivity contribution < 1.29 is 34.4 Å². The molecule has 10 heteroatoms. The fourth-order valence-corrected chi connectivity index (χ4v) is 3.94. The standard InChI is InChI=1S/C24H27ClN2O7/c25-18-3-1-2-17(11-18)16-6-4-15(5-7-16)10-19(12-21(29)24(32)33)26-22(30)23(31)27-8-9-34-20(13-27)14-28/h1-7,11,19-21,28-29H,8-10,12-14H2,(H,26,30)(H,32,33)/t19?,20?,21-/m1/s1. The van der Waals surface area contributed by atoms with Crippen molar-refractivity contribution in [1.29, 1.82) is 0 Å². The van der Waals surface area contributed by atoms with Gasteiger partial charge in [0.1, 0.15) is 0 Å². The highest BCUT2D eigenvalue weighted by Crippen LogP contribution is 2.23. The number of rotatable bonds is 8. The molecule has 2 unspecified atom stereocenters. The Labute approximate surface area is 201 Å². The molecule has 0 bridgehead atoms. The highest BCUT2D eigenvalue weighted by molar-refractivity contribution is 6.35. The van der Waals surface area contributed by atoms with Crippen LogP contribution < -0.4 is 5.32 Å². The number of carboxylic acid groups (broad SMARTS) is 1. The summed E-state index contributed by atoms with van der Waals surface area (Å²) in [6.07, 6.45) is -2.32. The molecule has 182 valence electrons. The monoisotopic (exact) mass is 490 g/mol. The molecule has 1 aliphatic heterocycles. The van der Waals surface area contributed by atoms with E-state index in [0.29, 0.717) is 5.02 Å². The van der Waals surface area contributed by atoms with Gasteiger partial charge in [0.05, 0.1) is 19.3 Å². The van der Waals surface area contributed by atoms with Crippen LogP contribution in [-0.4, -0.2) is 82.6 Å². The van der Waals surface area contributed by atoms with E-state index < -0.39 is 36.0 Å². The number of halogens is 1. The van der Waals surface area contributed by atoms with Crippen LogP contribution in [0.25, 0.3) is 11.1 Å². The van der Waals surface area contributed by atoms with Crippen LogP contribution in [0.2, 0.25) is 5.02 Å². The minimum absolute atomic E-state index is 0.0795. The molecule has 3 atom stereocenters. The summed E-state index contributed by atoms with van der Waals surface area (Å²) >= 11 is 6.05. The molecule has 0 spiro atoms. The van der Waals surface area contributed by atoms with Crippen LogP contribution in [0, 0.1) is 0 Å². The van der Waals surface area contributed by atoms with E-state index in [1.54, 1.807) is 6.07 Å². The molecule has 0 aromatic heterocycles. The molecule has 2 aromatic carbocycles. The Kier molecular flexibility index (Phi) is 9.00. The van der Waals surface area contributed by atoms with Crippen LogP contribution in [0.5, 0.6) is 0 Å². The van der Waals surface area contributed by atoms with Crippen molar-refractivity contribution in [2.24, 2.45) is 0 Å². The first-order chi connectivity index (χ1) is 16.3. The molecule has 2 amide bonds. The highest BCUT2D eigenvalue weighted by atomic mass is 35.5. The first-order valence-corrected chi connectivity index (χ1v) is 11.2. The predicted molar refractivity (Wildman–Crippen MR) is 124 cm³/mol. The molecule has 1 fully saturated rings. The van der Waals surface area contributed by atoms with Crippen molar-refractivity contribution in [3.63, 3.8) is 0 Å². The molecule has 9 nitrogen and oxygen atoms in total. The van der Waals surface area contributed by atoms with E-state index in [1.165, 1.54) is 4.90 Å². The molecular weight excluding hydrogens is 464 g/mol. The van der Waals surface area contributed by atoms with Crippen LogP contribution in [-0.2, 0) is 25.5 Å². The number of aliphatic hydroxyl groups excluding tert-OH is 2. The number of carbonyl (C=O) groups excluding carboxylic acids is 2. The third-order valence-electron chi connectivity index (χ3n) is 5.55. The van der Waals surface area contributed by atoms with Gasteiger partial charge in [0.15, 0.2) is 6.10 Å². The number of carbonyl (C=O) groups is 3. The summed E-state index contributed by atoms with van der Waals surface area (Å²) in [7, 11) is 0. The minimum atomic E-state index is -1.70. The van der Waals surface area contributed by atoms with Crippen LogP contribution in [0.3, 0.4) is 0 Å². The van der Waals surface area contributed by atoms with E-state index in [-0.39, 0.29) is 39.1 Å². The number of carboxylic acids is 1. The average Bonchev–Trinajstić information content (AvgIpc) is 2.83. The highest BCUT2D eigenvalue weighted by Gasteiger charge is 2.30. The summed E-state index contributed by atoms with van der Waals surface area (Å²) in [5, 5.41) is 31.4. The largest absolute Gasteiger partial charge is 0.479 e. The van der Waals surface area contributed by atoms with Crippen LogP contribution in [0.4, 0.5) is 0 Å². The number of hydrogen-bond acceptors (Lipinski definition) is 6. The Morgan fingerprint density at radius 1 is 1.15 bits per heavy atom. The number of nitrogens with zero attached hydrogens (tertiary/aromatic N) is 1. The van der Waals surface area contributed by atoms with Gasteiger partial charge in [-0.2, -0.15) is 0 Å². The van der Waals surface area contributed by atoms with Crippen molar-refractivity contribution in [2.75, 3.05) is 26.3 Å². The van der Waals surface area contributed by atoms with Gasteiger partial charge in [-0.1, -0.05) is 48.0 Å². The average molecular weight is 491 g/mol. The van der Waals surface area contributed by atoms with Crippen molar-refractivity contribution in [3.8, 4) is 11.1 Å². The molecule has 1 saturated heterocycles. The topological polar surface area (TPSA) is 136 Å². The Hall–Kier alpha value is -2.98. The first kappa shape index (κ1) is 25.6. The normalized spacial score (nSPS) is 17.6. The van der Waals surface area contributed by atoms with E-state index in [0.717, 1.165) is 16.7 Å². The molecule has 2 aromatic rings. The quantitative estimate of drug-likeness (QED) is 0.406. The number of aliphatic hydroxyl groups is 2. The number of hydrogen-bond donors (Lipinski definition) is 4. The second-order valence-corrected chi connectivity index (χ2v) is 8.53. The Balaban J connectivity index is 1.69. The van der Waals surface area contributed by atoms with E-state index in [9.17, 15) is 24.6 Å². The Morgan fingerprint density at radius 3 is 2.53 bits per heavy atom. The maximum atomic E-state index is 12.6. The maximum absolute atomic E-state index is 12.6. The van der Waals surface area contributed by atoms with E-state index in [2.05, 4.69) is 5.32 Å². The minimum Gasteiger partial charge on any atom is -0.479 e. The van der Waals surface area contributed by atoms with Crippen LogP contribution >= 0.6 is 11.6 Å². The van der Waals surface area contributed by atoms with Crippen molar-refractivity contribution in [3.05, 3.63) is 59.1 Å². The number of nitrogens with one attached hydrogen (secondary N) is 1. The first-order valence-electron chi connectivity index (χ1n) is 10.8. The van der Waals surface area contributed by atoms with Gasteiger partial charge in [-0.05, 0) is 35.2 Å². The fourth-order valence-electron chi connectivity index (χ4n) is 3.75. The number of benzene rings is 2. The van der Waals surface area contributed by atoms with Crippen LogP contribution in [0.15, 0.2) is 48.5 Å². The summed E-state index contributed by atoms with van der Waals surface area (Å²) in [6, 6.07) is 14.0. The van der Waals surface area contributed by atoms with Gasteiger partial charge < -0.3 is 30.3 Å². The van der Waals surface area contributed by atoms with Gasteiger partial charge in [-0.3, -0.25) is 9.59 Å². The molecule has 0 radical (unpaired) electrons. The van der Waals surface area contributed by atoms with E-state index in [4.69, 9.17) is 21.4 Å². The van der Waals surface area contributed by atoms with E-state index >= 15 is 0 Å². The van der Waals surface area contributed by atoms with Gasteiger partial charge >= 0.3 is 17.8 Å². The summed E-state index contributed by atoms with van der Waals surface area (Å²) < 4.78 is 5.29. The van der Waals surface area contributed by atoms with E-state index in [1.807, 2.05) is 42.5 Å². The molecule has 1 aliphatic rings. The molecule has 4 N–H and O–H groups in total. The Morgan fingerprint density at radius 2 is 1.88 bits per heavy atom. The molecule has 0 saturated carbocycles. The van der Waals surface area contributed by atoms with Crippen molar-refractivity contribution in [2.45, 2.75) is 31.1 Å². The molecule has 0 aliphatic carbocycles. The zero-order valence-electron chi connectivity index (χ0n) is 18.4. The summed E-state index contributed by atoms with van der Waals surface area (Å²) in [5.74, 6) is -3.12. The second kappa shape index (κ2) is 11.9. The maximum Gasteiger partial charge on any atom is 0.332 e. The summed E-state index contributed by atoms with van der Waals surface area (Å²) in [4.78, 5) is 37.6. The van der Waals surface area contributed by atoms with Gasteiger partial charge in [-0.15, -0.1) is 0 Å². The summed E-state index contributed by atoms with van der Waals surface area (Å²) in [6.45, 7) is 0.209. The van der Waals surface area contributed by atoms with Gasteiger partial charge in [0.2, 0.25) is 0 Å². The number of aliphatic carboxylic acids is 1. The number of amides is 2. The lowest BCUT2D eigenvalue weighted by Gasteiger charge is -2.32. The molecule has 1 heterocycles. The van der Waals surface area contributed by atoms with Gasteiger partial charge in [0, 0.05) is 30.6 Å². The Bertz CT molecular complexity index is 1010. The molecule has 3 rings (SSSR count). The third kappa shape index (κ3) is 7.01. The lowest BCUT2D eigenvalue weighted by Crippen LogP contribution is -2.53. The summed E-state index contributed by atoms with van der Waals surface area (Å²) in [5.41, 5.74) is 2.65. The fraction of sp³-hybridized carbons (Fsp3) is 0.375. The SMILES string of the molecule is O=C(NC(Cc1ccc(-c2cccc(Cl)c2)cc1)C[C@@H](O)C(=O)O)C(=O)N1CCOC(CO)C1. The molecular formula is C24H27ClN2O7. The number of ether oxygens (including phenoxy) is 1. The lowest BCUT2D eigenvalue weighted by atomic mass is 9.97. The van der Waals surface area contributed by atoms with Crippen LogP contribution in [0.1, 0.15) is 12.0 Å². The zero-order chi connectivity index (χ0) is 24.7. The predicted octanol–water partition coefficient (Wildman–Crippen LogP) is 1.09. The van der Waals surface area contributed by atoms with Crippen molar-refractivity contribution in [1.82, 2.24) is 10.2 Å². The smallest absolute Gasteiger partial charge is 0.332 e. The third-order valence-corrected chi connectivity index (χ3v) is 5.78. The lowest BCUT2D eigenvalue weighted by molar-refractivity contribution is -0.152. The van der Waals surface area contributed by atoms with Crippen molar-refractivity contribution >= 4 is 29.4 Å². The zero-order valence-corrected chi connectivity index (χ0v) is 19.1. The second-order valence-electron chi connectivity index (χ2n) is 8.10.